The molecule has 1 aliphatic rings. The molecule has 0 radical (unpaired) electrons. The fourth-order valence-electron chi connectivity index (χ4n) is 3.93. The van der Waals surface area contributed by atoms with Gasteiger partial charge in [-0.05, 0) is 48.4 Å². The minimum absolute atomic E-state index is 0.0154. The zero-order chi connectivity index (χ0) is 23.2. The van der Waals surface area contributed by atoms with Gasteiger partial charge in [-0.1, -0.05) is 37.3 Å². The highest BCUT2D eigenvalue weighted by atomic mass is 32.2. The maximum absolute atomic E-state index is 13.6. The second-order valence-electron chi connectivity index (χ2n) is 7.64. The molecule has 8 nitrogen and oxygen atoms in total. The normalized spacial score (nSPS) is 15.0. The Morgan fingerprint density at radius 1 is 0.909 bits per heavy atom. The van der Waals surface area contributed by atoms with Crippen molar-refractivity contribution in [1.82, 2.24) is 9.38 Å². The minimum atomic E-state index is -4.12. The molecular weight excluding hydrogens is 440 g/mol. The van der Waals surface area contributed by atoms with E-state index in [-0.39, 0.29) is 28.4 Å². The smallest absolute Gasteiger partial charge is 0.286 e. The number of hydrogen-bond donors (Lipinski definition) is 0. The molecule has 0 saturated heterocycles. The van der Waals surface area contributed by atoms with E-state index in [1.54, 1.807) is 66.9 Å². The Labute approximate surface area is 190 Å². The van der Waals surface area contributed by atoms with Crippen molar-refractivity contribution in [2.45, 2.75) is 24.8 Å². The van der Waals surface area contributed by atoms with Gasteiger partial charge in [0.15, 0.2) is 0 Å². The van der Waals surface area contributed by atoms with Gasteiger partial charge in [-0.15, -0.1) is 0 Å². The van der Waals surface area contributed by atoms with Gasteiger partial charge in [0.25, 0.3) is 15.6 Å². The van der Waals surface area contributed by atoms with E-state index in [1.807, 2.05) is 6.92 Å². The Hall–Kier alpha value is -3.98. The summed E-state index contributed by atoms with van der Waals surface area (Å²) in [7, 11) is -4.12. The van der Waals surface area contributed by atoms with Gasteiger partial charge in [0.2, 0.25) is 0 Å². The van der Waals surface area contributed by atoms with Gasteiger partial charge in [0.1, 0.15) is 10.5 Å². The number of anilines is 2. The zero-order valence-corrected chi connectivity index (χ0v) is 18.6. The van der Waals surface area contributed by atoms with E-state index in [4.69, 9.17) is 0 Å². The summed E-state index contributed by atoms with van der Waals surface area (Å²) in [6, 6.07) is 19.0. The molecule has 2 amide bonds. The first-order valence-electron chi connectivity index (χ1n) is 10.4. The molecule has 0 saturated carbocycles. The number of benzene rings is 2. The van der Waals surface area contributed by atoms with Gasteiger partial charge in [-0.3, -0.25) is 14.1 Å². The maximum atomic E-state index is 13.6. The summed E-state index contributed by atoms with van der Waals surface area (Å²) >= 11 is 0. The number of aryl methyl sites for hydroxylation is 1. The van der Waals surface area contributed by atoms with Crippen molar-refractivity contribution in [2.75, 3.05) is 9.21 Å². The molecule has 33 heavy (non-hydrogen) atoms. The topological polar surface area (TPSA) is 92.1 Å². The van der Waals surface area contributed by atoms with Crippen molar-refractivity contribution in [3.63, 3.8) is 0 Å². The lowest BCUT2D eigenvalue weighted by atomic mass is 10.1. The summed E-state index contributed by atoms with van der Waals surface area (Å²) in [6.45, 7) is 1.93. The van der Waals surface area contributed by atoms with Crippen LogP contribution < -0.4 is 14.8 Å². The number of urea groups is 1. The summed E-state index contributed by atoms with van der Waals surface area (Å²) in [6.07, 6.45) is 2.41. The third-order valence-electron chi connectivity index (χ3n) is 5.60. The Morgan fingerprint density at radius 2 is 1.64 bits per heavy atom. The molecule has 3 heterocycles. The molecule has 0 aliphatic carbocycles. The van der Waals surface area contributed by atoms with Gasteiger partial charge in [-0.25, -0.2) is 18.2 Å². The molecular formula is C24H20N4O4S. The fourth-order valence-corrected chi connectivity index (χ4v) is 5.52. The van der Waals surface area contributed by atoms with Crippen LogP contribution in [0.3, 0.4) is 0 Å². The monoisotopic (exact) mass is 460 g/mol. The third kappa shape index (κ3) is 3.46. The molecule has 0 N–H and O–H groups in total. The van der Waals surface area contributed by atoms with Crippen LogP contribution in [0.5, 0.6) is 0 Å². The van der Waals surface area contributed by atoms with Crippen LogP contribution in [0.25, 0.3) is 5.65 Å². The highest BCUT2D eigenvalue weighted by Crippen LogP contribution is 2.37. The van der Waals surface area contributed by atoms with Crippen molar-refractivity contribution >= 4 is 33.1 Å². The van der Waals surface area contributed by atoms with Crippen LogP contribution in [0.2, 0.25) is 0 Å². The summed E-state index contributed by atoms with van der Waals surface area (Å²) in [5, 5.41) is 0. The van der Waals surface area contributed by atoms with Crippen molar-refractivity contribution in [3.05, 3.63) is 101 Å². The van der Waals surface area contributed by atoms with Crippen molar-refractivity contribution in [1.29, 1.82) is 0 Å². The standard InChI is InChI=1S/C24H20N4O4S/c1-2-17-10-12-19(13-11-17)28-24(30)27(20-7-3-4-8-21(20)33(28,31)32)16-18-15-23(29)26-14-6-5-9-22(26)25-18/h3-15H,2,16H2,1H3. The number of carbonyl (C=O) groups excluding carboxylic acids is 1. The van der Waals surface area contributed by atoms with Crippen LogP contribution in [0, 0.1) is 0 Å². The summed E-state index contributed by atoms with van der Waals surface area (Å²) in [5.41, 5.74) is 2.04. The largest absolute Gasteiger partial charge is 0.343 e. The number of hydrogen-bond acceptors (Lipinski definition) is 5. The van der Waals surface area contributed by atoms with E-state index in [2.05, 4.69) is 4.98 Å². The molecule has 2 aromatic carbocycles. The number of sulfonamides is 1. The fraction of sp³-hybridized carbons (Fsp3) is 0.125. The molecule has 0 spiro atoms. The van der Waals surface area contributed by atoms with E-state index < -0.39 is 16.1 Å². The third-order valence-corrected chi connectivity index (χ3v) is 7.35. The molecule has 0 fully saturated rings. The second kappa shape index (κ2) is 7.86. The molecule has 0 unspecified atom stereocenters. The molecule has 0 atom stereocenters. The number of pyridine rings is 1. The molecule has 5 rings (SSSR count). The number of nitrogens with zero attached hydrogens (tertiary/aromatic N) is 4. The molecule has 0 bridgehead atoms. The van der Waals surface area contributed by atoms with E-state index in [1.165, 1.54) is 21.4 Å². The number of aromatic nitrogens is 2. The second-order valence-corrected chi connectivity index (χ2v) is 9.40. The summed E-state index contributed by atoms with van der Waals surface area (Å²) in [5.74, 6) is 0. The number of amides is 2. The quantitative estimate of drug-likeness (QED) is 0.464. The average Bonchev–Trinajstić information content (AvgIpc) is 2.82. The SMILES string of the molecule is CCc1ccc(N2C(=O)N(Cc3cc(=O)n4ccccc4n3)c3ccccc3S2(=O)=O)cc1. The van der Waals surface area contributed by atoms with Gasteiger partial charge in [0, 0.05) is 12.3 Å². The van der Waals surface area contributed by atoms with Crippen molar-refractivity contribution < 1.29 is 13.2 Å². The van der Waals surface area contributed by atoms with E-state index >= 15 is 0 Å². The van der Waals surface area contributed by atoms with Crippen LogP contribution >= 0.6 is 0 Å². The van der Waals surface area contributed by atoms with Gasteiger partial charge in [0.05, 0.1) is 23.6 Å². The van der Waals surface area contributed by atoms with Gasteiger partial charge in [-0.2, -0.15) is 4.31 Å². The molecule has 4 aromatic rings. The minimum Gasteiger partial charge on any atom is -0.286 e. The van der Waals surface area contributed by atoms with Crippen LogP contribution in [0.15, 0.2) is 88.7 Å². The predicted octanol–water partition coefficient (Wildman–Crippen LogP) is 3.59. The molecule has 1 aliphatic heterocycles. The van der Waals surface area contributed by atoms with Crippen LogP contribution in [0.1, 0.15) is 18.2 Å². The van der Waals surface area contributed by atoms with Crippen molar-refractivity contribution in [2.24, 2.45) is 0 Å². The Kier molecular flexibility index (Phi) is 4.98. The Balaban J connectivity index is 1.64. The lowest BCUT2D eigenvalue weighted by Gasteiger charge is -2.36. The lowest BCUT2D eigenvalue weighted by Crippen LogP contribution is -2.50. The molecule has 9 heteroatoms. The van der Waals surface area contributed by atoms with Gasteiger partial charge < -0.3 is 0 Å². The average molecular weight is 461 g/mol. The first-order valence-corrected chi connectivity index (χ1v) is 11.9. The van der Waals surface area contributed by atoms with E-state index in [9.17, 15) is 18.0 Å². The highest BCUT2D eigenvalue weighted by Gasteiger charge is 2.42. The van der Waals surface area contributed by atoms with Crippen molar-refractivity contribution in [3.8, 4) is 0 Å². The maximum Gasteiger partial charge on any atom is 0.343 e. The molecule has 2 aromatic heterocycles. The first-order chi connectivity index (χ1) is 15.9. The lowest BCUT2D eigenvalue weighted by molar-refractivity contribution is 0.253. The van der Waals surface area contributed by atoms with Crippen LogP contribution in [0.4, 0.5) is 16.2 Å². The van der Waals surface area contributed by atoms with Crippen LogP contribution in [-0.4, -0.2) is 23.8 Å². The number of carbonyl (C=O) groups is 1. The highest BCUT2D eigenvalue weighted by molar-refractivity contribution is 7.94. The van der Waals surface area contributed by atoms with Gasteiger partial charge >= 0.3 is 6.03 Å². The first kappa shape index (κ1) is 20.9. The number of fused-ring (bicyclic) bond motifs is 2. The number of para-hydroxylation sites is 1. The molecule has 166 valence electrons. The van der Waals surface area contributed by atoms with E-state index in [0.717, 1.165) is 16.3 Å². The summed E-state index contributed by atoms with van der Waals surface area (Å²) in [4.78, 5) is 32.0. The zero-order valence-electron chi connectivity index (χ0n) is 17.7. The Bertz CT molecular complexity index is 1550. The van der Waals surface area contributed by atoms with E-state index in [0.29, 0.717) is 11.3 Å². The Morgan fingerprint density at radius 3 is 2.39 bits per heavy atom. The number of rotatable bonds is 4. The summed E-state index contributed by atoms with van der Waals surface area (Å²) < 4.78 is 29.0. The van der Waals surface area contributed by atoms with Crippen LogP contribution in [-0.2, 0) is 23.0 Å². The predicted molar refractivity (Wildman–Crippen MR) is 125 cm³/mol.